The molecule has 1 saturated heterocycles. The van der Waals surface area contributed by atoms with Gasteiger partial charge >= 0.3 is 0 Å². The summed E-state index contributed by atoms with van der Waals surface area (Å²) in [6, 6.07) is 5.89. The van der Waals surface area contributed by atoms with Gasteiger partial charge in [0.25, 0.3) is 5.91 Å². The second-order valence-electron chi connectivity index (χ2n) is 5.58. The summed E-state index contributed by atoms with van der Waals surface area (Å²) in [7, 11) is 0. The monoisotopic (exact) mass is 250 g/mol. The Hall–Kier alpha value is -1.42. The van der Waals surface area contributed by atoms with Crippen LogP contribution in [-0.4, -0.2) is 37.0 Å². The maximum absolute atomic E-state index is 13.1. The Kier molecular flexibility index (Phi) is 3.66. The average molecular weight is 250 g/mol. The lowest BCUT2D eigenvalue weighted by atomic mass is 9.93. The van der Waals surface area contributed by atoms with Crippen LogP contribution in [0.1, 0.15) is 24.2 Å². The van der Waals surface area contributed by atoms with Gasteiger partial charge in [-0.25, -0.2) is 4.39 Å². The van der Waals surface area contributed by atoms with Gasteiger partial charge in [-0.3, -0.25) is 4.79 Å². The number of carbonyl (C=O) groups is 1. The Labute approximate surface area is 107 Å². The molecule has 1 amide bonds. The molecular formula is C14H19FN2O. The molecule has 0 radical (unpaired) electrons. The van der Waals surface area contributed by atoms with E-state index >= 15 is 0 Å². The Morgan fingerprint density at radius 2 is 2.22 bits per heavy atom. The van der Waals surface area contributed by atoms with Crippen molar-refractivity contribution in [3.05, 3.63) is 35.6 Å². The minimum Gasteiger partial charge on any atom is -0.337 e. The van der Waals surface area contributed by atoms with Crippen LogP contribution in [0.15, 0.2) is 24.3 Å². The van der Waals surface area contributed by atoms with Crippen LogP contribution in [0.3, 0.4) is 0 Å². The van der Waals surface area contributed by atoms with Crippen molar-refractivity contribution in [1.82, 2.24) is 10.2 Å². The van der Waals surface area contributed by atoms with Crippen LogP contribution in [0.5, 0.6) is 0 Å². The fourth-order valence-electron chi connectivity index (χ4n) is 2.27. The topological polar surface area (TPSA) is 32.3 Å². The van der Waals surface area contributed by atoms with Gasteiger partial charge in [0.15, 0.2) is 0 Å². The van der Waals surface area contributed by atoms with E-state index in [4.69, 9.17) is 0 Å². The van der Waals surface area contributed by atoms with Crippen LogP contribution < -0.4 is 5.32 Å². The number of hydrogen-bond acceptors (Lipinski definition) is 2. The third-order valence-electron chi connectivity index (χ3n) is 3.14. The molecule has 4 heteroatoms. The van der Waals surface area contributed by atoms with Crippen LogP contribution in [0.4, 0.5) is 4.39 Å². The van der Waals surface area contributed by atoms with E-state index in [1.807, 2.05) is 0 Å². The molecule has 1 fully saturated rings. The van der Waals surface area contributed by atoms with E-state index in [0.717, 1.165) is 13.1 Å². The van der Waals surface area contributed by atoms with E-state index in [1.165, 1.54) is 12.1 Å². The average Bonchev–Trinajstić information content (AvgIpc) is 2.49. The molecule has 1 aliphatic rings. The van der Waals surface area contributed by atoms with Gasteiger partial charge < -0.3 is 10.2 Å². The zero-order valence-corrected chi connectivity index (χ0v) is 10.9. The smallest absolute Gasteiger partial charge is 0.254 e. The van der Waals surface area contributed by atoms with E-state index in [1.54, 1.807) is 17.0 Å². The molecule has 18 heavy (non-hydrogen) atoms. The number of hydrogen-bond donors (Lipinski definition) is 1. The molecule has 1 aliphatic heterocycles. The van der Waals surface area contributed by atoms with Crippen molar-refractivity contribution in [2.45, 2.75) is 13.8 Å². The summed E-state index contributed by atoms with van der Waals surface area (Å²) in [5.41, 5.74) is 0.465. The van der Waals surface area contributed by atoms with Gasteiger partial charge in [0.1, 0.15) is 5.82 Å². The van der Waals surface area contributed by atoms with Gasteiger partial charge in [0.05, 0.1) is 0 Å². The fourth-order valence-corrected chi connectivity index (χ4v) is 2.27. The van der Waals surface area contributed by atoms with Crippen molar-refractivity contribution in [2.24, 2.45) is 5.41 Å². The maximum Gasteiger partial charge on any atom is 0.254 e. The number of amides is 1. The highest BCUT2D eigenvalue weighted by Gasteiger charge is 2.27. The number of carbonyl (C=O) groups excluding carboxylic acids is 1. The second-order valence-corrected chi connectivity index (χ2v) is 5.58. The van der Waals surface area contributed by atoms with E-state index in [-0.39, 0.29) is 17.1 Å². The number of nitrogens with zero attached hydrogens (tertiary/aromatic N) is 1. The highest BCUT2D eigenvalue weighted by molar-refractivity contribution is 5.94. The van der Waals surface area contributed by atoms with Crippen LogP contribution in [0, 0.1) is 11.2 Å². The van der Waals surface area contributed by atoms with Crippen LogP contribution >= 0.6 is 0 Å². The third-order valence-corrected chi connectivity index (χ3v) is 3.14. The van der Waals surface area contributed by atoms with Gasteiger partial charge in [0.2, 0.25) is 0 Å². The van der Waals surface area contributed by atoms with Gasteiger partial charge in [-0.15, -0.1) is 0 Å². The first-order valence-electron chi connectivity index (χ1n) is 6.23. The molecule has 3 nitrogen and oxygen atoms in total. The van der Waals surface area contributed by atoms with Gasteiger partial charge in [-0.05, 0) is 23.6 Å². The van der Waals surface area contributed by atoms with E-state index in [0.29, 0.717) is 18.7 Å². The fraction of sp³-hybridized carbons (Fsp3) is 0.500. The van der Waals surface area contributed by atoms with Crippen LogP contribution in [0.2, 0.25) is 0 Å². The van der Waals surface area contributed by atoms with Crippen molar-refractivity contribution >= 4 is 5.91 Å². The highest BCUT2D eigenvalue weighted by atomic mass is 19.1. The van der Waals surface area contributed by atoms with E-state index in [2.05, 4.69) is 19.2 Å². The number of nitrogens with one attached hydrogen (secondary N) is 1. The van der Waals surface area contributed by atoms with Gasteiger partial charge in [-0.2, -0.15) is 0 Å². The second kappa shape index (κ2) is 5.06. The first-order valence-corrected chi connectivity index (χ1v) is 6.23. The zero-order chi connectivity index (χ0) is 13.2. The lowest BCUT2D eigenvalue weighted by Gasteiger charge is -2.29. The normalized spacial score (nSPS) is 19.4. The highest BCUT2D eigenvalue weighted by Crippen LogP contribution is 2.19. The molecule has 0 atom stereocenters. The third kappa shape index (κ3) is 3.07. The minimum atomic E-state index is -0.368. The molecule has 0 bridgehead atoms. The van der Waals surface area contributed by atoms with Crippen molar-refractivity contribution < 1.29 is 9.18 Å². The molecule has 1 N–H and O–H groups in total. The number of rotatable bonds is 1. The summed E-state index contributed by atoms with van der Waals surface area (Å²) in [5, 5.41) is 3.32. The quantitative estimate of drug-likeness (QED) is 0.825. The summed E-state index contributed by atoms with van der Waals surface area (Å²) in [6.07, 6.45) is 0. The first kappa shape index (κ1) is 13.0. The van der Waals surface area contributed by atoms with E-state index in [9.17, 15) is 9.18 Å². The summed E-state index contributed by atoms with van der Waals surface area (Å²) < 4.78 is 13.1. The Balaban J connectivity index is 2.17. The number of halogens is 1. The summed E-state index contributed by atoms with van der Waals surface area (Å²) in [6.45, 7) is 7.27. The molecular weight excluding hydrogens is 231 g/mol. The summed E-state index contributed by atoms with van der Waals surface area (Å²) in [4.78, 5) is 14.1. The summed E-state index contributed by atoms with van der Waals surface area (Å²) in [5.74, 6) is -0.459. The molecule has 0 unspecified atom stereocenters. The lowest BCUT2D eigenvalue weighted by Crippen LogP contribution is -2.39. The lowest BCUT2D eigenvalue weighted by molar-refractivity contribution is 0.0716. The van der Waals surface area contributed by atoms with Gasteiger partial charge in [-0.1, -0.05) is 19.9 Å². The molecule has 0 aromatic heterocycles. The van der Waals surface area contributed by atoms with Crippen LogP contribution in [0.25, 0.3) is 0 Å². The first-order chi connectivity index (χ1) is 8.48. The molecule has 1 heterocycles. The standard InChI is InChI=1S/C14H19FN2O/c1-14(2)9-16-6-7-17(10-14)13(18)11-4-3-5-12(15)8-11/h3-5,8,16H,6-7,9-10H2,1-2H3. The van der Waals surface area contributed by atoms with Crippen molar-refractivity contribution in [3.8, 4) is 0 Å². The summed E-state index contributed by atoms with van der Waals surface area (Å²) >= 11 is 0. The predicted octanol–water partition coefficient (Wildman–Crippen LogP) is 1.90. The minimum absolute atomic E-state index is 0.0412. The van der Waals surface area contributed by atoms with Crippen molar-refractivity contribution in [2.75, 3.05) is 26.2 Å². The van der Waals surface area contributed by atoms with Crippen molar-refractivity contribution in [3.63, 3.8) is 0 Å². The molecule has 1 aromatic carbocycles. The number of benzene rings is 1. The zero-order valence-electron chi connectivity index (χ0n) is 10.9. The molecule has 98 valence electrons. The van der Waals surface area contributed by atoms with Crippen LogP contribution in [-0.2, 0) is 0 Å². The molecule has 0 saturated carbocycles. The Morgan fingerprint density at radius 3 is 2.94 bits per heavy atom. The molecule has 1 aromatic rings. The molecule has 2 rings (SSSR count). The SMILES string of the molecule is CC1(C)CNCCN(C(=O)c2cccc(F)c2)C1. The maximum atomic E-state index is 13.1. The molecule has 0 aliphatic carbocycles. The Bertz CT molecular complexity index is 445. The van der Waals surface area contributed by atoms with Crippen molar-refractivity contribution in [1.29, 1.82) is 0 Å². The molecule has 0 spiro atoms. The Morgan fingerprint density at radius 1 is 1.44 bits per heavy atom. The largest absolute Gasteiger partial charge is 0.337 e. The predicted molar refractivity (Wildman–Crippen MR) is 69.0 cm³/mol. The van der Waals surface area contributed by atoms with E-state index < -0.39 is 0 Å². The van der Waals surface area contributed by atoms with Gasteiger partial charge in [0, 0.05) is 31.7 Å².